The molecule has 1 atom stereocenters. The fraction of sp³-hybridized carbons (Fsp3) is 0.286. The third-order valence-corrected chi connectivity index (χ3v) is 8.86. The van der Waals surface area contributed by atoms with Crippen molar-refractivity contribution in [3.8, 4) is 0 Å². The van der Waals surface area contributed by atoms with Crippen LogP contribution in [-0.4, -0.2) is 50.5 Å². The van der Waals surface area contributed by atoms with E-state index < -0.39 is 28.5 Å². The minimum absolute atomic E-state index is 0.0943. The van der Waals surface area contributed by atoms with Gasteiger partial charge in [0, 0.05) is 39.6 Å². The fourth-order valence-corrected chi connectivity index (χ4v) is 5.70. The third kappa shape index (κ3) is 8.20. The highest BCUT2D eigenvalue weighted by atomic mass is 79.9. The van der Waals surface area contributed by atoms with Crippen LogP contribution in [0.5, 0.6) is 0 Å². The van der Waals surface area contributed by atoms with Gasteiger partial charge in [0.25, 0.3) is 0 Å². The minimum Gasteiger partial charge on any atom is -0.355 e. The van der Waals surface area contributed by atoms with Gasteiger partial charge >= 0.3 is 0 Å². The summed E-state index contributed by atoms with van der Waals surface area (Å²) in [7, 11) is -3.86. The smallest absolute Gasteiger partial charge is 0.244 e. The normalized spacial score (nSPS) is 12.1. The maximum absolute atomic E-state index is 14.0. The van der Waals surface area contributed by atoms with Crippen LogP contribution in [0.1, 0.15) is 23.6 Å². The number of benzene rings is 3. The summed E-state index contributed by atoms with van der Waals surface area (Å²) in [5.41, 5.74) is 2.43. The lowest BCUT2D eigenvalue weighted by Crippen LogP contribution is -2.53. The van der Waals surface area contributed by atoms with Crippen LogP contribution in [0.25, 0.3) is 0 Å². The van der Waals surface area contributed by atoms with Crippen LogP contribution < -0.4 is 9.62 Å². The Hall–Kier alpha value is -2.59. The Morgan fingerprint density at radius 1 is 1.00 bits per heavy atom. The molecular formula is C28H30BrCl2N3O4S. The number of amides is 2. The van der Waals surface area contributed by atoms with Gasteiger partial charge in [-0.3, -0.25) is 13.9 Å². The highest BCUT2D eigenvalue weighted by Crippen LogP contribution is 2.29. The van der Waals surface area contributed by atoms with E-state index >= 15 is 0 Å². The van der Waals surface area contributed by atoms with E-state index in [1.165, 1.54) is 4.90 Å². The van der Waals surface area contributed by atoms with Crippen molar-refractivity contribution in [3.63, 3.8) is 0 Å². The van der Waals surface area contributed by atoms with E-state index in [1.807, 2.05) is 37.3 Å². The van der Waals surface area contributed by atoms with Gasteiger partial charge in [-0.15, -0.1) is 0 Å². The number of hydrogen-bond donors (Lipinski definition) is 1. The van der Waals surface area contributed by atoms with E-state index in [9.17, 15) is 18.0 Å². The first kappa shape index (κ1) is 30.9. The number of nitrogens with one attached hydrogen (secondary N) is 1. The lowest BCUT2D eigenvalue weighted by molar-refractivity contribution is -0.140. The molecule has 0 heterocycles. The molecule has 1 N–H and O–H groups in total. The number of nitrogens with zero attached hydrogens (tertiary/aromatic N) is 2. The zero-order chi connectivity index (χ0) is 28.7. The second kappa shape index (κ2) is 13.7. The summed E-state index contributed by atoms with van der Waals surface area (Å²) < 4.78 is 27.6. The molecule has 0 fully saturated rings. The van der Waals surface area contributed by atoms with Crippen molar-refractivity contribution < 1.29 is 18.0 Å². The Balaban J connectivity index is 2.09. The molecule has 0 saturated carbocycles. The second-order valence-corrected chi connectivity index (χ2v) is 12.6. The van der Waals surface area contributed by atoms with E-state index in [0.717, 1.165) is 26.2 Å². The molecule has 1 unspecified atom stereocenters. The van der Waals surface area contributed by atoms with Gasteiger partial charge in [-0.05, 0) is 55.3 Å². The van der Waals surface area contributed by atoms with Crippen molar-refractivity contribution in [2.45, 2.75) is 32.9 Å². The Kier molecular flexibility index (Phi) is 10.8. The Bertz CT molecular complexity index is 1420. The van der Waals surface area contributed by atoms with E-state index in [1.54, 1.807) is 43.3 Å². The summed E-state index contributed by atoms with van der Waals surface area (Å²) in [6.07, 6.45) is 1.24. The number of rotatable bonds is 11. The van der Waals surface area contributed by atoms with Crippen molar-refractivity contribution >= 4 is 66.7 Å². The van der Waals surface area contributed by atoms with Gasteiger partial charge in [0.2, 0.25) is 21.8 Å². The molecule has 0 aromatic heterocycles. The topological polar surface area (TPSA) is 86.8 Å². The molecule has 3 aromatic rings. The second-order valence-electron chi connectivity index (χ2n) is 9.03. The Labute approximate surface area is 248 Å². The molecule has 0 aliphatic rings. The van der Waals surface area contributed by atoms with Gasteiger partial charge in [-0.25, -0.2) is 8.42 Å². The SMILES string of the molecule is CCNC(=O)C(Cc1ccccc1)N(Cc1c(Cl)cccc1Cl)C(=O)CN(c1ccc(Br)c(C)c1)S(C)(=O)=O. The molecule has 3 aromatic carbocycles. The molecule has 2 amide bonds. The van der Waals surface area contributed by atoms with E-state index in [-0.39, 0.29) is 18.9 Å². The van der Waals surface area contributed by atoms with Gasteiger partial charge in [0.15, 0.2) is 0 Å². The van der Waals surface area contributed by atoms with E-state index in [4.69, 9.17) is 23.2 Å². The van der Waals surface area contributed by atoms with Crippen LogP contribution in [-0.2, 0) is 32.6 Å². The lowest BCUT2D eigenvalue weighted by atomic mass is 10.0. The summed E-state index contributed by atoms with van der Waals surface area (Å²) in [6.45, 7) is 3.35. The molecule has 0 aliphatic heterocycles. The summed E-state index contributed by atoms with van der Waals surface area (Å²) in [6, 6.07) is 18.3. The first-order valence-electron chi connectivity index (χ1n) is 12.2. The standard InChI is InChI=1S/C28H30BrCl2N3O4S/c1-4-32-28(36)26(16-20-9-6-5-7-10-20)33(17-22-24(30)11-8-12-25(22)31)27(35)18-34(39(3,37)38)21-13-14-23(29)19(2)15-21/h5-15,26H,4,16-18H2,1-3H3,(H,32,36). The lowest BCUT2D eigenvalue weighted by Gasteiger charge is -2.34. The van der Waals surface area contributed by atoms with E-state index in [0.29, 0.717) is 27.8 Å². The van der Waals surface area contributed by atoms with Gasteiger partial charge in [0.05, 0.1) is 11.9 Å². The quantitative estimate of drug-likeness (QED) is 0.291. The minimum atomic E-state index is -3.86. The number of likely N-dealkylation sites (N-methyl/N-ethyl adjacent to an activating group) is 1. The number of halogens is 3. The van der Waals surface area contributed by atoms with Crippen LogP contribution in [0.4, 0.5) is 5.69 Å². The zero-order valence-electron chi connectivity index (χ0n) is 21.8. The van der Waals surface area contributed by atoms with E-state index in [2.05, 4.69) is 21.2 Å². The summed E-state index contributed by atoms with van der Waals surface area (Å²) in [5.74, 6) is -0.951. The number of carbonyl (C=O) groups excluding carboxylic acids is 2. The molecule has 3 rings (SSSR count). The molecule has 208 valence electrons. The monoisotopic (exact) mass is 653 g/mol. The number of anilines is 1. The summed E-state index contributed by atoms with van der Waals surface area (Å²) in [5, 5.41) is 3.47. The fourth-order valence-electron chi connectivity index (χ4n) is 4.10. The highest BCUT2D eigenvalue weighted by Gasteiger charge is 2.33. The predicted octanol–water partition coefficient (Wildman–Crippen LogP) is 5.61. The van der Waals surface area contributed by atoms with Gasteiger partial charge < -0.3 is 10.2 Å². The van der Waals surface area contributed by atoms with Gasteiger partial charge in [-0.1, -0.05) is 75.5 Å². The molecule has 0 radical (unpaired) electrons. The van der Waals surface area contributed by atoms with Gasteiger partial charge in [-0.2, -0.15) is 0 Å². The van der Waals surface area contributed by atoms with Crippen LogP contribution in [0.3, 0.4) is 0 Å². The van der Waals surface area contributed by atoms with Gasteiger partial charge in [0.1, 0.15) is 12.6 Å². The molecule has 7 nitrogen and oxygen atoms in total. The number of carbonyl (C=O) groups is 2. The largest absolute Gasteiger partial charge is 0.355 e. The Morgan fingerprint density at radius 2 is 1.64 bits per heavy atom. The van der Waals surface area contributed by atoms with Crippen LogP contribution in [0.15, 0.2) is 71.2 Å². The average Bonchev–Trinajstić information content (AvgIpc) is 2.88. The average molecular weight is 655 g/mol. The molecule has 0 saturated heterocycles. The van der Waals surface area contributed by atoms with Crippen LogP contribution in [0, 0.1) is 6.92 Å². The maximum atomic E-state index is 14.0. The number of hydrogen-bond acceptors (Lipinski definition) is 4. The maximum Gasteiger partial charge on any atom is 0.244 e. The zero-order valence-corrected chi connectivity index (χ0v) is 25.7. The third-order valence-electron chi connectivity index (χ3n) is 6.12. The number of aryl methyl sites for hydroxylation is 1. The molecule has 0 spiro atoms. The van der Waals surface area contributed by atoms with Crippen molar-refractivity contribution in [1.82, 2.24) is 10.2 Å². The molecule has 11 heteroatoms. The summed E-state index contributed by atoms with van der Waals surface area (Å²) >= 11 is 16.3. The Morgan fingerprint density at radius 3 is 2.21 bits per heavy atom. The first-order chi connectivity index (χ1) is 18.4. The van der Waals surface area contributed by atoms with Crippen LogP contribution in [0.2, 0.25) is 10.0 Å². The molecule has 0 bridgehead atoms. The number of sulfonamides is 1. The first-order valence-corrected chi connectivity index (χ1v) is 15.6. The molecular weight excluding hydrogens is 625 g/mol. The van der Waals surface area contributed by atoms with Crippen molar-refractivity contribution in [2.24, 2.45) is 0 Å². The van der Waals surface area contributed by atoms with Crippen molar-refractivity contribution in [1.29, 1.82) is 0 Å². The van der Waals surface area contributed by atoms with Crippen molar-refractivity contribution in [3.05, 3.63) is 97.9 Å². The van der Waals surface area contributed by atoms with Crippen LogP contribution >= 0.6 is 39.1 Å². The predicted molar refractivity (Wildman–Crippen MR) is 161 cm³/mol. The highest BCUT2D eigenvalue weighted by molar-refractivity contribution is 9.10. The van der Waals surface area contributed by atoms with Crippen molar-refractivity contribution in [2.75, 3.05) is 23.7 Å². The summed E-state index contributed by atoms with van der Waals surface area (Å²) in [4.78, 5) is 28.8. The molecule has 39 heavy (non-hydrogen) atoms. The molecule has 0 aliphatic carbocycles.